The minimum Gasteiger partial charge on any atom is -0.489 e. The molecule has 28 heavy (non-hydrogen) atoms. The van der Waals surface area contributed by atoms with Crippen LogP contribution in [0.4, 0.5) is 5.82 Å². The number of rotatable bonds is 4. The molecule has 146 valence electrons. The smallest absolute Gasteiger partial charge is 0.155 e. The Balaban J connectivity index is 1.55. The summed E-state index contributed by atoms with van der Waals surface area (Å²) < 4.78 is 7.16. The Labute approximate surface area is 174 Å². The number of aryl methyl sites for hydroxylation is 1. The monoisotopic (exact) mass is 440 g/mol. The predicted octanol–water partition coefficient (Wildman–Crippen LogP) is 5.30. The molecule has 2 aliphatic carbocycles. The van der Waals surface area contributed by atoms with E-state index in [2.05, 4.69) is 77.4 Å². The Morgan fingerprint density at radius 3 is 2.71 bits per heavy atom. The first-order valence-corrected chi connectivity index (χ1v) is 10.4. The van der Waals surface area contributed by atoms with E-state index in [0.717, 1.165) is 28.9 Å². The quantitative estimate of drug-likeness (QED) is 0.676. The maximum Gasteiger partial charge on any atom is 0.155 e. The molecule has 1 aromatic heterocycles. The average molecular weight is 441 g/mol. The van der Waals surface area contributed by atoms with Crippen LogP contribution in [-0.2, 0) is 6.42 Å². The summed E-state index contributed by atoms with van der Waals surface area (Å²) in [7, 11) is 0. The number of allylic oxidation sites excluding steroid dienone is 1. The SMILES string of the molecule is CC1(C)C(Nc2n[nH]c3c2C=CCC3)C(C)(C)C1Oc1ccc(C#N)c(Br)c1. The van der Waals surface area contributed by atoms with Gasteiger partial charge in [-0.25, -0.2) is 0 Å². The van der Waals surface area contributed by atoms with Gasteiger partial charge >= 0.3 is 0 Å². The Morgan fingerprint density at radius 1 is 1.29 bits per heavy atom. The van der Waals surface area contributed by atoms with E-state index in [1.807, 2.05) is 12.1 Å². The van der Waals surface area contributed by atoms with Gasteiger partial charge in [0.15, 0.2) is 5.82 Å². The molecule has 0 atom stereocenters. The van der Waals surface area contributed by atoms with Gasteiger partial charge in [0.2, 0.25) is 0 Å². The van der Waals surface area contributed by atoms with Gasteiger partial charge in [-0.3, -0.25) is 5.10 Å². The van der Waals surface area contributed by atoms with Crippen LogP contribution >= 0.6 is 15.9 Å². The maximum absolute atomic E-state index is 9.11. The summed E-state index contributed by atoms with van der Waals surface area (Å²) in [4.78, 5) is 0. The lowest BCUT2D eigenvalue weighted by Gasteiger charge is -2.63. The van der Waals surface area contributed by atoms with E-state index in [1.54, 1.807) is 6.07 Å². The summed E-state index contributed by atoms with van der Waals surface area (Å²) in [5.74, 6) is 1.70. The summed E-state index contributed by atoms with van der Waals surface area (Å²) >= 11 is 3.45. The molecule has 0 bridgehead atoms. The number of H-pyrrole nitrogens is 1. The van der Waals surface area contributed by atoms with Crippen molar-refractivity contribution in [3.05, 3.63) is 45.6 Å². The largest absolute Gasteiger partial charge is 0.489 e. The lowest BCUT2D eigenvalue weighted by molar-refractivity contribution is -0.147. The number of anilines is 1. The van der Waals surface area contributed by atoms with Crippen LogP contribution in [0.2, 0.25) is 0 Å². The molecule has 6 heteroatoms. The van der Waals surface area contributed by atoms with Gasteiger partial charge in [-0.2, -0.15) is 10.4 Å². The van der Waals surface area contributed by atoms with Crippen molar-refractivity contribution in [2.24, 2.45) is 10.8 Å². The molecule has 1 heterocycles. The topological polar surface area (TPSA) is 73.7 Å². The number of nitriles is 1. The number of fused-ring (bicyclic) bond motifs is 1. The zero-order chi connectivity index (χ0) is 20.1. The van der Waals surface area contributed by atoms with Crippen molar-refractivity contribution < 1.29 is 4.74 Å². The van der Waals surface area contributed by atoms with Crippen molar-refractivity contribution in [2.75, 3.05) is 5.32 Å². The van der Waals surface area contributed by atoms with Crippen molar-refractivity contribution in [3.8, 4) is 11.8 Å². The molecule has 2 aromatic rings. The molecule has 0 saturated heterocycles. The van der Waals surface area contributed by atoms with Crippen molar-refractivity contribution in [3.63, 3.8) is 0 Å². The third-order valence-electron chi connectivity index (χ3n) is 6.16. The van der Waals surface area contributed by atoms with E-state index in [4.69, 9.17) is 10.00 Å². The lowest BCUT2D eigenvalue weighted by Crippen LogP contribution is -2.72. The fraction of sp³-hybridized carbons (Fsp3) is 0.455. The summed E-state index contributed by atoms with van der Waals surface area (Å²) in [6.45, 7) is 8.92. The highest BCUT2D eigenvalue weighted by atomic mass is 79.9. The molecule has 5 nitrogen and oxygen atoms in total. The number of hydrogen-bond acceptors (Lipinski definition) is 4. The third-order valence-corrected chi connectivity index (χ3v) is 6.82. The second-order valence-corrected chi connectivity index (χ2v) is 9.73. The van der Waals surface area contributed by atoms with Gasteiger partial charge in [0.05, 0.1) is 5.56 Å². The van der Waals surface area contributed by atoms with Crippen molar-refractivity contribution >= 4 is 27.8 Å². The fourth-order valence-corrected chi connectivity index (χ4v) is 5.47. The third kappa shape index (κ3) is 2.93. The summed E-state index contributed by atoms with van der Waals surface area (Å²) in [6.07, 6.45) is 6.46. The first kappa shape index (κ1) is 19.1. The lowest BCUT2D eigenvalue weighted by atomic mass is 9.49. The number of nitrogens with one attached hydrogen (secondary N) is 2. The van der Waals surface area contributed by atoms with E-state index >= 15 is 0 Å². The fourth-order valence-electron chi connectivity index (χ4n) is 5.03. The number of halogens is 1. The molecule has 0 aliphatic heterocycles. The second-order valence-electron chi connectivity index (χ2n) is 8.88. The van der Waals surface area contributed by atoms with Crippen LogP contribution in [0, 0.1) is 22.2 Å². The molecule has 2 N–H and O–H groups in total. The Morgan fingerprint density at radius 2 is 2.04 bits per heavy atom. The molecular weight excluding hydrogens is 416 g/mol. The van der Waals surface area contributed by atoms with Crippen molar-refractivity contribution in [1.29, 1.82) is 5.26 Å². The summed E-state index contributed by atoms with van der Waals surface area (Å²) in [5, 5.41) is 20.5. The number of hydrogen-bond donors (Lipinski definition) is 2. The highest BCUT2D eigenvalue weighted by Gasteiger charge is 2.64. The molecule has 0 spiro atoms. The Kier molecular flexibility index (Phi) is 4.54. The molecule has 2 aliphatic rings. The highest BCUT2D eigenvalue weighted by molar-refractivity contribution is 9.10. The van der Waals surface area contributed by atoms with Crippen LogP contribution in [0.25, 0.3) is 6.08 Å². The zero-order valence-corrected chi connectivity index (χ0v) is 18.2. The van der Waals surface area contributed by atoms with Gasteiger partial charge in [-0.1, -0.05) is 39.8 Å². The van der Waals surface area contributed by atoms with Gasteiger partial charge in [-0.05, 0) is 47.0 Å². The summed E-state index contributed by atoms with van der Waals surface area (Å²) in [5.41, 5.74) is 2.81. The van der Waals surface area contributed by atoms with E-state index in [0.29, 0.717) is 5.56 Å². The van der Waals surface area contributed by atoms with Crippen LogP contribution < -0.4 is 10.1 Å². The first-order chi connectivity index (χ1) is 13.2. The molecule has 4 rings (SSSR count). The number of nitrogens with zero attached hydrogens (tertiary/aromatic N) is 2. The Hall–Kier alpha value is -2.26. The van der Waals surface area contributed by atoms with Crippen LogP contribution in [-0.4, -0.2) is 22.3 Å². The molecule has 0 amide bonds. The number of aromatic amines is 1. The van der Waals surface area contributed by atoms with Gasteiger partial charge in [-0.15, -0.1) is 0 Å². The maximum atomic E-state index is 9.11. The van der Waals surface area contributed by atoms with E-state index in [9.17, 15) is 0 Å². The zero-order valence-electron chi connectivity index (χ0n) is 16.6. The molecule has 1 fully saturated rings. The standard InChI is InChI=1S/C22H25BrN4O/c1-21(2)19(25-18-15-7-5-6-8-17(15)26-27-18)22(3,4)20(21)28-14-10-9-13(12-24)16(23)11-14/h5,7,9-11,19-20H,6,8H2,1-4H3,(H2,25,26,27). The minimum absolute atomic E-state index is 0.0302. The van der Waals surface area contributed by atoms with Crippen molar-refractivity contribution in [1.82, 2.24) is 10.2 Å². The highest BCUT2D eigenvalue weighted by Crippen LogP contribution is 2.56. The number of benzene rings is 1. The van der Waals surface area contributed by atoms with E-state index in [1.165, 1.54) is 11.3 Å². The van der Waals surface area contributed by atoms with Crippen molar-refractivity contribution in [2.45, 2.75) is 52.7 Å². The summed E-state index contributed by atoms with van der Waals surface area (Å²) in [6, 6.07) is 7.91. The molecular formula is C22H25BrN4O. The van der Waals surface area contributed by atoms with E-state index in [-0.39, 0.29) is 23.0 Å². The van der Waals surface area contributed by atoms with Crippen LogP contribution in [0.3, 0.4) is 0 Å². The molecule has 0 unspecified atom stereocenters. The van der Waals surface area contributed by atoms with Gasteiger partial charge in [0.1, 0.15) is 17.9 Å². The first-order valence-electron chi connectivity index (χ1n) is 9.61. The van der Waals surface area contributed by atoms with Gasteiger partial charge in [0, 0.05) is 32.6 Å². The average Bonchev–Trinajstić information content (AvgIpc) is 3.07. The predicted molar refractivity (Wildman–Crippen MR) is 114 cm³/mol. The molecule has 1 aromatic carbocycles. The minimum atomic E-state index is -0.0892. The molecule has 1 saturated carbocycles. The van der Waals surface area contributed by atoms with Gasteiger partial charge in [0.25, 0.3) is 0 Å². The normalized spacial score (nSPS) is 24.0. The number of aromatic nitrogens is 2. The van der Waals surface area contributed by atoms with Crippen LogP contribution in [0.15, 0.2) is 28.7 Å². The number of ether oxygens (including phenoxy) is 1. The van der Waals surface area contributed by atoms with Crippen LogP contribution in [0.1, 0.15) is 50.9 Å². The van der Waals surface area contributed by atoms with Crippen LogP contribution in [0.5, 0.6) is 5.75 Å². The molecule has 0 radical (unpaired) electrons. The van der Waals surface area contributed by atoms with E-state index < -0.39 is 0 Å². The second kappa shape index (κ2) is 6.66. The Bertz CT molecular complexity index is 967. The van der Waals surface area contributed by atoms with Gasteiger partial charge < -0.3 is 10.1 Å².